The molecule has 0 bridgehead atoms. The molecular formula is C20H17N3O5. The van der Waals surface area contributed by atoms with Crippen LogP contribution in [0.2, 0.25) is 0 Å². The number of nitrogens with zero attached hydrogens (tertiary/aromatic N) is 3. The van der Waals surface area contributed by atoms with Gasteiger partial charge in [0.1, 0.15) is 11.5 Å². The van der Waals surface area contributed by atoms with Crippen LogP contribution < -0.4 is 0 Å². The number of aromatic nitrogens is 1. The molecule has 0 spiro atoms. The predicted molar refractivity (Wildman–Crippen MR) is 103 cm³/mol. The number of hydrogen-bond donors (Lipinski definition) is 3. The van der Waals surface area contributed by atoms with Crippen molar-refractivity contribution >= 4 is 11.4 Å². The Kier molecular flexibility index (Phi) is 5.61. The lowest BCUT2D eigenvalue weighted by molar-refractivity contribution is -0.384. The Bertz CT molecular complexity index is 1040. The topological polar surface area (TPSA) is 129 Å². The number of aliphatic hydroxyl groups is 1. The third-order valence-corrected chi connectivity index (χ3v) is 4.26. The highest BCUT2D eigenvalue weighted by Gasteiger charge is 2.19. The smallest absolute Gasteiger partial charge is 0.270 e. The van der Waals surface area contributed by atoms with Crippen molar-refractivity contribution in [2.45, 2.75) is 6.42 Å². The summed E-state index contributed by atoms with van der Waals surface area (Å²) >= 11 is 0. The van der Waals surface area contributed by atoms with Crippen LogP contribution in [-0.4, -0.2) is 37.6 Å². The largest absolute Gasteiger partial charge is 0.507 e. The number of aromatic hydroxyl groups is 1. The van der Waals surface area contributed by atoms with Crippen LogP contribution in [0.4, 0.5) is 5.69 Å². The Morgan fingerprint density at radius 3 is 2.50 bits per heavy atom. The number of phenolic OH excluding ortho intramolecular Hbond substituents is 1. The molecule has 3 aromatic rings. The molecule has 28 heavy (non-hydrogen) atoms. The molecule has 0 unspecified atom stereocenters. The molecule has 8 nitrogen and oxygen atoms in total. The summed E-state index contributed by atoms with van der Waals surface area (Å²) in [7, 11) is 0. The van der Waals surface area contributed by atoms with Gasteiger partial charge < -0.3 is 15.4 Å². The number of phenols is 1. The molecule has 0 fully saturated rings. The number of pyridine rings is 1. The third kappa shape index (κ3) is 3.97. The van der Waals surface area contributed by atoms with Gasteiger partial charge in [-0.2, -0.15) is 0 Å². The molecule has 3 N–H and O–H groups in total. The van der Waals surface area contributed by atoms with Crippen LogP contribution in [-0.2, 0) is 6.42 Å². The van der Waals surface area contributed by atoms with E-state index in [-0.39, 0.29) is 22.7 Å². The highest BCUT2D eigenvalue weighted by molar-refractivity contribution is 6.08. The fourth-order valence-electron chi connectivity index (χ4n) is 3.00. The summed E-state index contributed by atoms with van der Waals surface area (Å²) in [5.74, 6) is -0.199. The zero-order valence-electron chi connectivity index (χ0n) is 14.7. The Morgan fingerprint density at radius 2 is 1.86 bits per heavy atom. The second-order valence-corrected chi connectivity index (χ2v) is 6.08. The summed E-state index contributed by atoms with van der Waals surface area (Å²) < 4.78 is 0. The van der Waals surface area contributed by atoms with Crippen molar-refractivity contribution in [1.82, 2.24) is 4.98 Å². The van der Waals surface area contributed by atoms with Crippen LogP contribution in [0.25, 0.3) is 11.1 Å². The van der Waals surface area contributed by atoms with E-state index in [1.54, 1.807) is 24.5 Å². The SMILES string of the molecule is O=[N+]([O-])c1cccc(-c2cc(Cc3ccncc3)cc(O)c2C(CO)=NO)c1. The van der Waals surface area contributed by atoms with Gasteiger partial charge in [-0.25, -0.2) is 0 Å². The zero-order valence-corrected chi connectivity index (χ0v) is 14.7. The van der Waals surface area contributed by atoms with E-state index in [1.165, 1.54) is 24.3 Å². The number of rotatable bonds is 6. The lowest BCUT2D eigenvalue weighted by Crippen LogP contribution is -2.09. The van der Waals surface area contributed by atoms with E-state index in [0.29, 0.717) is 17.5 Å². The fourth-order valence-corrected chi connectivity index (χ4v) is 3.00. The summed E-state index contributed by atoms with van der Waals surface area (Å²) in [6.45, 7) is -0.615. The first-order valence-corrected chi connectivity index (χ1v) is 8.35. The van der Waals surface area contributed by atoms with Crippen LogP contribution >= 0.6 is 0 Å². The maximum atomic E-state index is 11.1. The molecule has 2 aromatic carbocycles. The average Bonchev–Trinajstić information content (AvgIpc) is 2.71. The summed E-state index contributed by atoms with van der Waals surface area (Å²) in [5, 5.41) is 43.5. The normalized spacial score (nSPS) is 11.4. The molecule has 0 radical (unpaired) electrons. The van der Waals surface area contributed by atoms with Gasteiger partial charge in [-0.1, -0.05) is 17.3 Å². The molecule has 0 saturated heterocycles. The van der Waals surface area contributed by atoms with Crippen LogP contribution in [0, 0.1) is 10.1 Å². The van der Waals surface area contributed by atoms with E-state index in [9.17, 15) is 25.5 Å². The number of oxime groups is 1. The van der Waals surface area contributed by atoms with E-state index >= 15 is 0 Å². The molecule has 3 rings (SSSR count). The van der Waals surface area contributed by atoms with E-state index in [0.717, 1.165) is 11.1 Å². The summed E-state index contributed by atoms with van der Waals surface area (Å²) in [6.07, 6.45) is 3.81. The summed E-state index contributed by atoms with van der Waals surface area (Å²) in [6, 6.07) is 12.8. The van der Waals surface area contributed by atoms with Crippen molar-refractivity contribution in [1.29, 1.82) is 0 Å². The highest BCUT2D eigenvalue weighted by atomic mass is 16.6. The average molecular weight is 379 g/mol. The Labute approximate surface area is 160 Å². The van der Waals surface area contributed by atoms with Crippen molar-refractivity contribution in [2.24, 2.45) is 5.16 Å². The molecule has 0 saturated carbocycles. The van der Waals surface area contributed by atoms with Crippen LogP contribution in [0.15, 0.2) is 66.1 Å². The highest BCUT2D eigenvalue weighted by Crippen LogP contribution is 2.34. The van der Waals surface area contributed by atoms with Crippen LogP contribution in [0.5, 0.6) is 5.75 Å². The number of nitro groups is 1. The standard InChI is InChI=1S/C20H17N3O5/c24-12-18(22-26)20-17(15-2-1-3-16(11-15)23(27)28)9-14(10-19(20)25)8-13-4-6-21-7-5-13/h1-7,9-11,24-26H,8,12H2. The van der Waals surface area contributed by atoms with Gasteiger partial charge in [-0.3, -0.25) is 15.1 Å². The van der Waals surface area contributed by atoms with Gasteiger partial charge in [0.25, 0.3) is 5.69 Å². The van der Waals surface area contributed by atoms with Gasteiger partial charge in [0.05, 0.1) is 17.1 Å². The van der Waals surface area contributed by atoms with Gasteiger partial charge in [-0.15, -0.1) is 0 Å². The number of nitro benzene ring substituents is 1. The molecule has 0 amide bonds. The van der Waals surface area contributed by atoms with Crippen molar-refractivity contribution in [2.75, 3.05) is 6.61 Å². The summed E-state index contributed by atoms with van der Waals surface area (Å²) in [5.41, 5.74) is 2.42. The summed E-state index contributed by atoms with van der Waals surface area (Å²) in [4.78, 5) is 14.6. The Hall–Kier alpha value is -3.78. The fraction of sp³-hybridized carbons (Fsp3) is 0.100. The molecule has 1 aromatic heterocycles. The molecule has 142 valence electrons. The maximum Gasteiger partial charge on any atom is 0.270 e. The minimum absolute atomic E-state index is 0.115. The van der Waals surface area contributed by atoms with Gasteiger partial charge in [0, 0.05) is 24.5 Å². The van der Waals surface area contributed by atoms with Crippen molar-refractivity contribution in [3.63, 3.8) is 0 Å². The maximum absolute atomic E-state index is 11.1. The number of hydrogen-bond acceptors (Lipinski definition) is 7. The van der Waals surface area contributed by atoms with E-state index in [4.69, 9.17) is 0 Å². The molecule has 0 aliphatic carbocycles. The quantitative estimate of drug-likeness (QED) is 0.261. The Morgan fingerprint density at radius 1 is 1.11 bits per heavy atom. The molecule has 0 atom stereocenters. The van der Waals surface area contributed by atoms with E-state index in [1.807, 2.05) is 12.1 Å². The van der Waals surface area contributed by atoms with Crippen molar-refractivity contribution in [3.05, 3.63) is 87.7 Å². The molecular weight excluding hydrogens is 362 g/mol. The van der Waals surface area contributed by atoms with E-state index < -0.39 is 11.5 Å². The molecule has 0 aliphatic heterocycles. The van der Waals surface area contributed by atoms with Gasteiger partial charge >= 0.3 is 0 Å². The minimum Gasteiger partial charge on any atom is -0.507 e. The number of benzene rings is 2. The van der Waals surface area contributed by atoms with Crippen molar-refractivity contribution < 1.29 is 20.3 Å². The first kappa shape index (κ1) is 19.0. The second kappa shape index (κ2) is 8.28. The predicted octanol–water partition coefficient (Wildman–Crippen LogP) is 3.12. The monoisotopic (exact) mass is 379 g/mol. The molecule has 8 heteroatoms. The van der Waals surface area contributed by atoms with Gasteiger partial charge in [0.15, 0.2) is 0 Å². The van der Waals surface area contributed by atoms with Gasteiger partial charge in [0.2, 0.25) is 0 Å². The number of non-ortho nitro benzene ring substituents is 1. The van der Waals surface area contributed by atoms with E-state index in [2.05, 4.69) is 10.1 Å². The minimum atomic E-state index is -0.615. The third-order valence-electron chi connectivity index (χ3n) is 4.26. The number of aliphatic hydroxyl groups excluding tert-OH is 1. The lowest BCUT2D eigenvalue weighted by atomic mass is 9.91. The van der Waals surface area contributed by atoms with Crippen molar-refractivity contribution in [3.8, 4) is 16.9 Å². The lowest BCUT2D eigenvalue weighted by Gasteiger charge is -2.15. The van der Waals surface area contributed by atoms with Gasteiger partial charge in [-0.05, 0) is 52.9 Å². The first-order valence-electron chi connectivity index (χ1n) is 8.35. The zero-order chi connectivity index (χ0) is 20.1. The van der Waals surface area contributed by atoms with Crippen LogP contribution in [0.1, 0.15) is 16.7 Å². The Balaban J connectivity index is 2.19. The second-order valence-electron chi connectivity index (χ2n) is 6.08. The first-order chi connectivity index (χ1) is 13.5. The molecule has 1 heterocycles. The molecule has 0 aliphatic rings. The van der Waals surface area contributed by atoms with Crippen LogP contribution in [0.3, 0.4) is 0 Å².